The van der Waals surface area contributed by atoms with Gasteiger partial charge in [-0.3, -0.25) is 4.79 Å². The molecule has 22 heavy (non-hydrogen) atoms. The fourth-order valence-electron chi connectivity index (χ4n) is 2.63. The van der Waals surface area contributed by atoms with Gasteiger partial charge in [-0.2, -0.15) is 0 Å². The van der Waals surface area contributed by atoms with Gasteiger partial charge >= 0.3 is 0 Å². The van der Waals surface area contributed by atoms with E-state index in [0.717, 1.165) is 26.1 Å². The van der Waals surface area contributed by atoms with Crippen molar-refractivity contribution in [2.45, 2.75) is 38.7 Å². The van der Waals surface area contributed by atoms with Gasteiger partial charge < -0.3 is 15.0 Å². The van der Waals surface area contributed by atoms with Crippen LogP contribution in [-0.2, 0) is 16.0 Å². The summed E-state index contributed by atoms with van der Waals surface area (Å²) in [5.41, 5.74) is 2.56. The van der Waals surface area contributed by atoms with Gasteiger partial charge in [-0.25, -0.2) is 0 Å². The number of nitrogens with zero attached hydrogens (tertiary/aromatic N) is 1. The molecule has 0 aliphatic carbocycles. The molecule has 0 unspecified atom stereocenters. The molecule has 0 spiro atoms. The van der Waals surface area contributed by atoms with Gasteiger partial charge in [0.2, 0.25) is 5.91 Å². The number of carbonyl (C=O) groups excluding carboxylic acids is 1. The number of nitrogens with one attached hydrogen (secondary N) is 1. The monoisotopic (exact) mass is 304 g/mol. The highest BCUT2D eigenvalue weighted by Gasteiger charge is 2.18. The van der Waals surface area contributed by atoms with Crippen LogP contribution in [0.5, 0.6) is 0 Å². The maximum atomic E-state index is 11.9. The van der Waals surface area contributed by atoms with E-state index in [4.69, 9.17) is 4.74 Å². The number of benzene rings is 1. The number of hydrogen-bond donors (Lipinski definition) is 1. The smallest absolute Gasteiger partial charge is 0.220 e. The van der Waals surface area contributed by atoms with Crippen LogP contribution in [0.4, 0.5) is 0 Å². The van der Waals surface area contributed by atoms with Crippen LogP contribution >= 0.6 is 0 Å². The van der Waals surface area contributed by atoms with Gasteiger partial charge in [0.25, 0.3) is 0 Å². The zero-order chi connectivity index (χ0) is 15.9. The highest BCUT2D eigenvalue weighted by atomic mass is 16.5. The average molecular weight is 304 g/mol. The average Bonchev–Trinajstić information content (AvgIpc) is 2.51. The Bertz CT molecular complexity index is 470. The molecule has 2 rings (SSSR count). The van der Waals surface area contributed by atoms with Crippen LogP contribution < -0.4 is 5.32 Å². The molecule has 1 aliphatic heterocycles. The molecule has 1 heterocycles. The van der Waals surface area contributed by atoms with Gasteiger partial charge in [0, 0.05) is 26.1 Å². The summed E-state index contributed by atoms with van der Waals surface area (Å²) in [5.74, 6) is 0.649. The second kappa shape index (κ2) is 8.30. The Kier molecular flexibility index (Phi) is 6.40. The van der Waals surface area contributed by atoms with Crippen LogP contribution in [0.3, 0.4) is 0 Å². The second-order valence-corrected chi connectivity index (χ2v) is 6.46. The molecule has 1 fully saturated rings. The van der Waals surface area contributed by atoms with Crippen molar-refractivity contribution in [3.8, 4) is 0 Å². The van der Waals surface area contributed by atoms with E-state index in [1.807, 2.05) is 0 Å². The lowest BCUT2D eigenvalue weighted by Gasteiger charge is -2.30. The summed E-state index contributed by atoms with van der Waals surface area (Å²) in [6.45, 7) is 7.59. The normalized spacial score (nSPS) is 19.4. The number of aryl methyl sites for hydroxylation is 1. The lowest BCUT2D eigenvalue weighted by atomic mass is 10.0. The summed E-state index contributed by atoms with van der Waals surface area (Å²) in [6.07, 6.45) is 1.44. The van der Waals surface area contributed by atoms with Gasteiger partial charge in [-0.15, -0.1) is 0 Å². The molecule has 1 saturated heterocycles. The third-order valence-electron chi connectivity index (χ3n) is 4.16. The topological polar surface area (TPSA) is 41.6 Å². The van der Waals surface area contributed by atoms with Gasteiger partial charge in [-0.1, -0.05) is 38.1 Å². The first-order chi connectivity index (χ1) is 10.5. The Morgan fingerprint density at radius 2 is 2.09 bits per heavy atom. The SMILES string of the molecule is CC(C)c1ccc(CCC(=O)NC[C@H]2CN(C)CCO2)cc1. The molecule has 1 N–H and O–H groups in total. The molecule has 0 aromatic heterocycles. The highest BCUT2D eigenvalue weighted by molar-refractivity contribution is 5.76. The third-order valence-corrected chi connectivity index (χ3v) is 4.16. The molecule has 0 saturated carbocycles. The van der Waals surface area contributed by atoms with E-state index in [-0.39, 0.29) is 12.0 Å². The summed E-state index contributed by atoms with van der Waals surface area (Å²) >= 11 is 0. The van der Waals surface area contributed by atoms with E-state index < -0.39 is 0 Å². The number of amides is 1. The lowest BCUT2D eigenvalue weighted by Crippen LogP contribution is -2.45. The molecular weight excluding hydrogens is 276 g/mol. The van der Waals surface area contributed by atoms with Crippen molar-refractivity contribution in [1.82, 2.24) is 10.2 Å². The molecule has 4 heteroatoms. The predicted octanol–water partition coefficient (Wildman–Crippen LogP) is 2.19. The van der Waals surface area contributed by atoms with Crippen LogP contribution in [0.15, 0.2) is 24.3 Å². The van der Waals surface area contributed by atoms with E-state index in [1.54, 1.807) is 0 Å². The maximum absolute atomic E-state index is 11.9. The minimum Gasteiger partial charge on any atom is -0.374 e. The number of rotatable bonds is 6. The molecule has 1 aromatic rings. The van der Waals surface area contributed by atoms with Crippen LogP contribution in [0.2, 0.25) is 0 Å². The predicted molar refractivity (Wildman–Crippen MR) is 89.1 cm³/mol. The van der Waals surface area contributed by atoms with E-state index in [2.05, 4.69) is 55.4 Å². The lowest BCUT2D eigenvalue weighted by molar-refractivity contribution is -0.122. The molecule has 1 aromatic carbocycles. The van der Waals surface area contributed by atoms with E-state index in [1.165, 1.54) is 11.1 Å². The Morgan fingerprint density at radius 3 is 2.73 bits per heavy atom. The Morgan fingerprint density at radius 1 is 1.36 bits per heavy atom. The highest BCUT2D eigenvalue weighted by Crippen LogP contribution is 2.15. The summed E-state index contributed by atoms with van der Waals surface area (Å²) in [6, 6.07) is 8.57. The standard InChI is InChI=1S/C18H28N2O2/c1-14(2)16-7-4-15(5-8-16)6-9-18(21)19-12-17-13-20(3)10-11-22-17/h4-5,7-8,14,17H,6,9-13H2,1-3H3,(H,19,21)/t17-/m0/s1. The quantitative estimate of drug-likeness (QED) is 0.876. The minimum absolute atomic E-state index is 0.102. The largest absolute Gasteiger partial charge is 0.374 e. The number of morpholine rings is 1. The van der Waals surface area contributed by atoms with E-state index in [0.29, 0.717) is 18.9 Å². The summed E-state index contributed by atoms with van der Waals surface area (Å²) in [4.78, 5) is 14.2. The molecule has 1 atom stereocenters. The van der Waals surface area contributed by atoms with Crippen LogP contribution in [0.1, 0.15) is 37.3 Å². The van der Waals surface area contributed by atoms with Gasteiger partial charge in [0.15, 0.2) is 0 Å². The molecule has 4 nitrogen and oxygen atoms in total. The fourth-order valence-corrected chi connectivity index (χ4v) is 2.63. The molecule has 122 valence electrons. The summed E-state index contributed by atoms with van der Waals surface area (Å²) in [5, 5.41) is 2.98. The van der Waals surface area contributed by atoms with Crippen LogP contribution in [-0.4, -0.2) is 50.2 Å². The molecular formula is C18H28N2O2. The second-order valence-electron chi connectivity index (χ2n) is 6.46. The van der Waals surface area contributed by atoms with Crippen molar-refractivity contribution in [1.29, 1.82) is 0 Å². The number of likely N-dealkylation sites (N-methyl/N-ethyl adjacent to an activating group) is 1. The summed E-state index contributed by atoms with van der Waals surface area (Å²) in [7, 11) is 2.08. The first-order valence-corrected chi connectivity index (χ1v) is 8.20. The van der Waals surface area contributed by atoms with Gasteiger partial charge in [0.05, 0.1) is 12.7 Å². The third kappa shape index (κ3) is 5.43. The van der Waals surface area contributed by atoms with Crippen molar-refractivity contribution >= 4 is 5.91 Å². The Labute approximate surface area is 133 Å². The van der Waals surface area contributed by atoms with Gasteiger partial charge in [-0.05, 0) is 30.5 Å². The molecule has 1 amide bonds. The maximum Gasteiger partial charge on any atom is 0.220 e. The van der Waals surface area contributed by atoms with Crippen molar-refractivity contribution in [2.24, 2.45) is 0 Å². The van der Waals surface area contributed by atoms with E-state index in [9.17, 15) is 4.79 Å². The van der Waals surface area contributed by atoms with E-state index >= 15 is 0 Å². The molecule has 0 bridgehead atoms. The summed E-state index contributed by atoms with van der Waals surface area (Å²) < 4.78 is 5.64. The zero-order valence-electron chi connectivity index (χ0n) is 14.0. The first-order valence-electron chi connectivity index (χ1n) is 8.20. The number of carbonyl (C=O) groups is 1. The van der Waals surface area contributed by atoms with Crippen LogP contribution in [0, 0.1) is 0 Å². The van der Waals surface area contributed by atoms with Crippen molar-refractivity contribution in [3.05, 3.63) is 35.4 Å². The zero-order valence-corrected chi connectivity index (χ0v) is 14.0. The Balaban J connectivity index is 1.68. The number of hydrogen-bond acceptors (Lipinski definition) is 3. The Hall–Kier alpha value is -1.39. The molecule has 1 aliphatic rings. The van der Waals surface area contributed by atoms with Gasteiger partial charge in [0.1, 0.15) is 0 Å². The van der Waals surface area contributed by atoms with Crippen LogP contribution in [0.25, 0.3) is 0 Å². The molecule has 0 radical (unpaired) electrons. The van der Waals surface area contributed by atoms with Crippen molar-refractivity contribution < 1.29 is 9.53 Å². The fraction of sp³-hybridized carbons (Fsp3) is 0.611. The number of ether oxygens (including phenoxy) is 1. The van der Waals surface area contributed by atoms with Crippen molar-refractivity contribution in [2.75, 3.05) is 33.3 Å². The minimum atomic E-state index is 0.102. The first kappa shape index (κ1) is 17.0. The van der Waals surface area contributed by atoms with Crippen molar-refractivity contribution in [3.63, 3.8) is 0 Å².